The number of nitriles is 1. The molecule has 1 N–H and O–H groups in total. The lowest BCUT2D eigenvalue weighted by Crippen LogP contribution is -2.15. The molecule has 0 unspecified atom stereocenters. The van der Waals surface area contributed by atoms with Gasteiger partial charge in [0, 0.05) is 30.3 Å². The maximum Gasteiger partial charge on any atom is 0.346 e. The van der Waals surface area contributed by atoms with Crippen LogP contribution in [0.5, 0.6) is 11.5 Å². The molecular formula is C52H56N2O4S4. The van der Waals surface area contributed by atoms with Gasteiger partial charge in [-0.25, -0.2) is 4.79 Å². The van der Waals surface area contributed by atoms with Gasteiger partial charge in [0.1, 0.15) is 29.9 Å². The van der Waals surface area contributed by atoms with Gasteiger partial charge in [-0.15, -0.1) is 45.3 Å². The Bertz CT molecular complexity index is 2630. The summed E-state index contributed by atoms with van der Waals surface area (Å²) in [5.41, 5.74) is 5.75. The number of carbonyl (C=O) groups is 1. The molecule has 7 aromatic rings. The Balaban J connectivity index is 1.26. The van der Waals surface area contributed by atoms with E-state index in [-0.39, 0.29) is 5.57 Å². The lowest BCUT2D eigenvalue weighted by molar-refractivity contribution is -0.132. The first kappa shape index (κ1) is 44.0. The summed E-state index contributed by atoms with van der Waals surface area (Å²) in [5.74, 6) is -0.106. The summed E-state index contributed by atoms with van der Waals surface area (Å²) in [6.07, 6.45) is 19.3. The van der Waals surface area contributed by atoms with Crippen LogP contribution < -0.4 is 9.47 Å². The molecule has 2 aromatic carbocycles. The van der Waals surface area contributed by atoms with Crippen molar-refractivity contribution in [3.63, 3.8) is 0 Å². The fourth-order valence-electron chi connectivity index (χ4n) is 8.49. The highest BCUT2D eigenvalue weighted by Gasteiger charge is 2.29. The van der Waals surface area contributed by atoms with Crippen molar-refractivity contribution in [2.75, 3.05) is 13.2 Å². The molecule has 8 rings (SSSR count). The van der Waals surface area contributed by atoms with E-state index in [1.165, 1.54) is 133 Å². The summed E-state index contributed by atoms with van der Waals surface area (Å²) in [6, 6.07) is 27.5. The van der Waals surface area contributed by atoms with Crippen LogP contribution in [-0.2, 0) is 24.1 Å². The summed E-state index contributed by atoms with van der Waals surface area (Å²) >= 11 is 7.05. The Morgan fingerprint density at radius 2 is 1.21 bits per heavy atom. The Morgan fingerprint density at radius 1 is 0.661 bits per heavy atom. The quantitative estimate of drug-likeness (QED) is 0.0441. The number of unbranched alkanes of at least 4 members (excludes halogenated alkanes) is 9. The number of aliphatic carboxylic acids is 1. The number of fused-ring (bicyclic) bond motifs is 4. The van der Waals surface area contributed by atoms with Crippen LogP contribution in [-0.4, -0.2) is 28.9 Å². The van der Waals surface area contributed by atoms with E-state index < -0.39 is 5.97 Å². The number of hydrogen-bond donors (Lipinski definition) is 1. The first-order chi connectivity index (χ1) is 30.4. The Labute approximate surface area is 382 Å². The van der Waals surface area contributed by atoms with E-state index >= 15 is 0 Å². The molecule has 322 valence electrons. The van der Waals surface area contributed by atoms with Crippen LogP contribution in [0.15, 0.2) is 72.3 Å². The van der Waals surface area contributed by atoms with Gasteiger partial charge in [0.25, 0.3) is 0 Å². The first-order valence-electron chi connectivity index (χ1n) is 22.6. The number of thiophene rings is 4. The molecule has 0 atom stereocenters. The monoisotopic (exact) mass is 900 g/mol. The van der Waals surface area contributed by atoms with Crippen molar-refractivity contribution in [1.29, 1.82) is 5.26 Å². The molecule has 0 bridgehead atoms. The van der Waals surface area contributed by atoms with E-state index in [0.717, 1.165) is 53.3 Å². The van der Waals surface area contributed by atoms with Crippen molar-refractivity contribution in [3.05, 3.63) is 92.5 Å². The zero-order valence-corrected chi connectivity index (χ0v) is 39.4. The smallest absolute Gasteiger partial charge is 0.346 e. The second kappa shape index (κ2) is 20.7. The first-order valence-corrected chi connectivity index (χ1v) is 25.8. The third-order valence-electron chi connectivity index (χ3n) is 11.8. The van der Waals surface area contributed by atoms with E-state index in [1.807, 2.05) is 28.7 Å². The van der Waals surface area contributed by atoms with Crippen molar-refractivity contribution >= 4 is 79.2 Å². The lowest BCUT2D eigenvalue weighted by atomic mass is 10.1. The predicted octanol–water partition coefficient (Wildman–Crippen LogP) is 16.2. The molecule has 62 heavy (non-hydrogen) atoms. The number of benzene rings is 2. The predicted molar refractivity (Wildman–Crippen MR) is 264 cm³/mol. The van der Waals surface area contributed by atoms with Gasteiger partial charge in [-0.1, -0.05) is 90.7 Å². The third-order valence-corrected chi connectivity index (χ3v) is 16.6. The molecule has 1 aliphatic rings. The minimum Gasteiger partial charge on any atom is -0.485 e. The van der Waals surface area contributed by atoms with Crippen LogP contribution >= 0.6 is 45.3 Å². The SMILES string of the molecule is CCCCCCc1ccc(-c2ccc3c(c2)c2cc(-c4ccc(CCCCCC)s4)ccc2n3-c2cc(CCCCCC)c(-c3sc(/C=C(/C#N)C(=O)O)c4c3OCCO4)s2)s1. The fraction of sp³-hybridized carbons (Fsp3) is 0.385. The summed E-state index contributed by atoms with van der Waals surface area (Å²) in [5, 5.41) is 23.0. The van der Waals surface area contributed by atoms with E-state index in [2.05, 4.69) is 92.1 Å². The van der Waals surface area contributed by atoms with Gasteiger partial charge in [-0.2, -0.15) is 5.26 Å². The summed E-state index contributed by atoms with van der Waals surface area (Å²) < 4.78 is 14.9. The minimum atomic E-state index is -1.26. The zero-order chi connectivity index (χ0) is 43.0. The van der Waals surface area contributed by atoms with Gasteiger partial charge in [0.15, 0.2) is 11.5 Å². The summed E-state index contributed by atoms with van der Waals surface area (Å²) in [6.45, 7) is 7.54. The van der Waals surface area contributed by atoms with Gasteiger partial charge in [0.2, 0.25) is 0 Å². The molecule has 6 nitrogen and oxygen atoms in total. The van der Waals surface area contributed by atoms with Crippen LogP contribution in [0.4, 0.5) is 0 Å². The number of carboxylic acid groups (broad SMARTS) is 1. The number of ether oxygens (including phenoxy) is 2. The van der Waals surface area contributed by atoms with Crippen LogP contribution in [0.25, 0.3) is 63.5 Å². The van der Waals surface area contributed by atoms with Gasteiger partial charge < -0.3 is 19.1 Å². The molecule has 5 aromatic heterocycles. The molecule has 0 aliphatic carbocycles. The molecular weight excluding hydrogens is 845 g/mol. The molecule has 0 saturated heterocycles. The van der Waals surface area contributed by atoms with E-state index in [1.54, 1.807) is 11.3 Å². The van der Waals surface area contributed by atoms with Crippen LogP contribution in [0, 0.1) is 11.3 Å². The van der Waals surface area contributed by atoms with Crippen molar-refractivity contribution in [1.82, 2.24) is 4.57 Å². The average Bonchev–Trinajstić information content (AvgIpc) is 4.14. The molecule has 0 radical (unpaired) electrons. The Morgan fingerprint density at radius 3 is 1.74 bits per heavy atom. The molecule has 0 spiro atoms. The Hall–Kier alpha value is -4.66. The van der Waals surface area contributed by atoms with Gasteiger partial charge in [-0.3, -0.25) is 0 Å². The number of aryl methyl sites for hydroxylation is 3. The molecule has 10 heteroatoms. The Kier molecular flexibility index (Phi) is 14.7. The normalized spacial score (nSPS) is 12.8. The number of nitrogens with zero attached hydrogens (tertiary/aromatic N) is 2. The van der Waals surface area contributed by atoms with Crippen molar-refractivity contribution in [3.8, 4) is 53.2 Å². The van der Waals surface area contributed by atoms with Gasteiger partial charge >= 0.3 is 5.97 Å². The molecule has 0 amide bonds. The second-order valence-corrected chi connectivity index (χ2v) is 20.7. The third kappa shape index (κ3) is 9.62. The number of aromatic nitrogens is 1. The van der Waals surface area contributed by atoms with Gasteiger partial charge in [-0.05, 0) is 116 Å². The van der Waals surface area contributed by atoms with Crippen molar-refractivity contribution in [2.45, 2.75) is 117 Å². The van der Waals surface area contributed by atoms with Crippen molar-refractivity contribution < 1.29 is 19.4 Å². The van der Waals surface area contributed by atoms with Crippen molar-refractivity contribution in [2.24, 2.45) is 0 Å². The maximum atomic E-state index is 11.9. The largest absolute Gasteiger partial charge is 0.485 e. The highest BCUT2D eigenvalue weighted by atomic mass is 32.1. The zero-order valence-electron chi connectivity index (χ0n) is 36.1. The van der Waals surface area contributed by atoms with Gasteiger partial charge in [0.05, 0.1) is 25.7 Å². The maximum absolute atomic E-state index is 11.9. The highest BCUT2D eigenvalue weighted by molar-refractivity contribution is 7.24. The number of rotatable bonds is 21. The highest BCUT2D eigenvalue weighted by Crippen LogP contribution is 2.54. The van der Waals surface area contributed by atoms with E-state index in [4.69, 9.17) is 9.47 Å². The summed E-state index contributed by atoms with van der Waals surface area (Å²) in [7, 11) is 0. The van der Waals surface area contributed by atoms with E-state index in [0.29, 0.717) is 29.6 Å². The second-order valence-electron chi connectivity index (χ2n) is 16.3. The lowest BCUT2D eigenvalue weighted by Gasteiger charge is -2.17. The standard InChI is InChI=1S/C52H56N2O4S4/c1-4-7-10-13-16-36-32-47(62-50(36)51-49-48(57-27-28-58-49)46(61-51)31-37(33-53)52(55)56)54-42-23-19-34(44-25-21-38(59-44)17-14-11-8-5-2)29-40(42)41-30-35(20-24-43(41)54)45-26-22-39(60-45)18-15-12-9-6-3/h19-26,29-32H,4-18,27-28H2,1-3H3,(H,55,56)/b37-31-. The van der Waals surface area contributed by atoms with Crippen LogP contribution in [0.3, 0.4) is 0 Å². The molecule has 0 saturated carbocycles. The topological polar surface area (TPSA) is 84.5 Å². The number of carboxylic acids is 1. The minimum absolute atomic E-state index is 0.332. The summed E-state index contributed by atoms with van der Waals surface area (Å²) in [4.78, 5) is 20.1. The number of hydrogen-bond acceptors (Lipinski definition) is 8. The van der Waals surface area contributed by atoms with E-state index in [9.17, 15) is 15.2 Å². The van der Waals surface area contributed by atoms with Crippen LogP contribution in [0.2, 0.25) is 0 Å². The molecule has 1 aliphatic heterocycles. The fourth-order valence-corrected chi connectivity index (χ4v) is 13.1. The molecule has 0 fully saturated rings. The van der Waals surface area contributed by atoms with Crippen LogP contribution in [0.1, 0.15) is 118 Å². The molecule has 6 heterocycles. The average molecular weight is 901 g/mol.